The maximum absolute atomic E-state index is 11.2. The van der Waals surface area contributed by atoms with Crippen molar-refractivity contribution in [2.45, 2.75) is 38.3 Å². The molecule has 0 radical (unpaired) electrons. The molecular weight excluding hydrogens is 248 g/mol. The minimum absolute atomic E-state index is 0. The molecule has 0 bridgehead atoms. The summed E-state index contributed by atoms with van der Waals surface area (Å²) in [7, 11) is 0. The number of hydrogen-bond acceptors (Lipinski definition) is 3. The van der Waals surface area contributed by atoms with Gasteiger partial charge in [-0.2, -0.15) is 6.42 Å². The number of carbonyl (C=O) groups is 2. The molecule has 1 aliphatic rings. The molecule has 1 N–H and O–H groups in total. The average molecular weight is 263 g/mol. The predicted molar refractivity (Wildman–Crippen MR) is 51.0 cm³/mol. The predicted octanol–water partition coefficient (Wildman–Crippen LogP) is 0.623. The molecule has 4 nitrogen and oxygen atoms in total. The molecule has 0 saturated carbocycles. The van der Waals surface area contributed by atoms with Gasteiger partial charge in [0.25, 0.3) is 0 Å². The number of hydrogen-bond donors (Lipinski definition) is 1. The Morgan fingerprint density at radius 3 is 2.87 bits per heavy atom. The van der Waals surface area contributed by atoms with Crippen LogP contribution >= 0.6 is 0 Å². The van der Waals surface area contributed by atoms with Gasteiger partial charge in [0.1, 0.15) is 6.10 Å². The van der Waals surface area contributed by atoms with Crippen LogP contribution in [0.2, 0.25) is 0 Å². The van der Waals surface area contributed by atoms with Crippen LogP contribution in [0.5, 0.6) is 0 Å². The summed E-state index contributed by atoms with van der Waals surface area (Å²) in [6.45, 7) is 5.40. The van der Waals surface area contributed by atoms with Gasteiger partial charge in [0.05, 0.1) is 18.4 Å². The second-order valence-electron chi connectivity index (χ2n) is 3.36. The van der Waals surface area contributed by atoms with Gasteiger partial charge in [-0.25, -0.2) is 6.42 Å². The number of nitrogens with one attached hydrogen (secondary N) is 1. The normalized spacial score (nSPS) is 24.0. The summed E-state index contributed by atoms with van der Waals surface area (Å²) in [5.74, 6) is -0.399. The van der Waals surface area contributed by atoms with E-state index in [1.807, 2.05) is 0 Å². The first kappa shape index (κ1) is 14.4. The third-order valence-corrected chi connectivity index (χ3v) is 2.13. The molecule has 0 aromatic heterocycles. The largest absolute Gasteiger partial charge is 2.00 e. The minimum Gasteiger partial charge on any atom is -0.460 e. The van der Waals surface area contributed by atoms with Gasteiger partial charge in [-0.3, -0.25) is 4.79 Å². The number of ether oxygens (including phenoxy) is 1. The molecule has 1 saturated heterocycles. The first-order chi connectivity index (χ1) is 6.63. The molecule has 5 heteroatoms. The Labute approximate surface area is 103 Å². The maximum atomic E-state index is 11.2. The van der Waals surface area contributed by atoms with Crippen LogP contribution in [0.3, 0.4) is 0 Å². The summed E-state index contributed by atoms with van der Waals surface area (Å²) in [5.41, 5.74) is 0. The SMILES string of the molecule is [CH2-]CC[CH-]C(=O)N[C@H]1CC(=O)O[C@H]1C.[Zn+2]. The van der Waals surface area contributed by atoms with E-state index in [9.17, 15) is 9.59 Å². The summed E-state index contributed by atoms with van der Waals surface area (Å²) in [6, 6.07) is -0.184. The number of unbranched alkanes of at least 4 members (excludes halogenated alkanes) is 1. The van der Waals surface area contributed by atoms with Crippen LogP contribution in [0.15, 0.2) is 0 Å². The molecular formula is C10H15NO3Zn. The van der Waals surface area contributed by atoms with Crippen molar-refractivity contribution in [2.75, 3.05) is 0 Å². The van der Waals surface area contributed by atoms with Crippen molar-refractivity contribution in [3.63, 3.8) is 0 Å². The van der Waals surface area contributed by atoms with E-state index < -0.39 is 0 Å². The first-order valence-electron chi connectivity index (χ1n) is 4.76. The van der Waals surface area contributed by atoms with E-state index in [4.69, 9.17) is 4.74 Å². The zero-order valence-corrected chi connectivity index (χ0v) is 12.0. The molecule has 0 aliphatic carbocycles. The zero-order valence-electron chi connectivity index (χ0n) is 8.99. The van der Waals surface area contributed by atoms with E-state index >= 15 is 0 Å². The van der Waals surface area contributed by atoms with Crippen LogP contribution in [-0.4, -0.2) is 24.0 Å². The third kappa shape index (κ3) is 4.65. The van der Waals surface area contributed by atoms with Gasteiger partial charge in [0, 0.05) is 0 Å². The van der Waals surface area contributed by atoms with Crippen molar-refractivity contribution in [1.82, 2.24) is 5.32 Å². The molecule has 0 aromatic rings. The van der Waals surface area contributed by atoms with Crippen molar-refractivity contribution < 1.29 is 33.8 Å². The van der Waals surface area contributed by atoms with Gasteiger partial charge in [-0.15, -0.1) is 0 Å². The molecule has 1 rings (SSSR count). The van der Waals surface area contributed by atoms with Crippen molar-refractivity contribution in [1.29, 1.82) is 0 Å². The van der Waals surface area contributed by atoms with Gasteiger partial charge >= 0.3 is 25.4 Å². The third-order valence-electron chi connectivity index (χ3n) is 2.13. The van der Waals surface area contributed by atoms with Crippen molar-refractivity contribution in [2.24, 2.45) is 0 Å². The van der Waals surface area contributed by atoms with Crippen LogP contribution in [0.25, 0.3) is 0 Å². The second kappa shape index (κ2) is 6.83. The summed E-state index contributed by atoms with van der Waals surface area (Å²) in [4.78, 5) is 22.1. The molecule has 1 aliphatic heterocycles. The minimum atomic E-state index is -0.250. The summed E-state index contributed by atoms with van der Waals surface area (Å²) < 4.78 is 4.90. The molecule has 80 valence electrons. The molecule has 1 heterocycles. The fraction of sp³-hybridized carbons (Fsp3) is 0.600. The van der Waals surface area contributed by atoms with E-state index in [0.29, 0.717) is 12.8 Å². The Balaban J connectivity index is 0.00000196. The van der Waals surface area contributed by atoms with Gasteiger partial charge < -0.3 is 28.2 Å². The topological polar surface area (TPSA) is 55.4 Å². The first-order valence-corrected chi connectivity index (χ1v) is 4.76. The molecule has 1 amide bonds. The molecule has 2 atom stereocenters. The summed E-state index contributed by atoms with van der Waals surface area (Å²) in [6.07, 6.45) is 2.94. The molecule has 0 spiro atoms. The Morgan fingerprint density at radius 2 is 2.40 bits per heavy atom. The van der Waals surface area contributed by atoms with Gasteiger partial charge in [-0.1, -0.05) is 0 Å². The molecule has 0 aromatic carbocycles. The average Bonchev–Trinajstić information content (AvgIpc) is 2.42. The van der Waals surface area contributed by atoms with E-state index in [2.05, 4.69) is 12.2 Å². The van der Waals surface area contributed by atoms with Crippen LogP contribution in [-0.2, 0) is 33.8 Å². The van der Waals surface area contributed by atoms with E-state index in [-0.39, 0.29) is 49.9 Å². The van der Waals surface area contributed by atoms with Gasteiger partial charge in [0.2, 0.25) is 0 Å². The van der Waals surface area contributed by atoms with Crippen LogP contribution in [0.1, 0.15) is 26.2 Å². The van der Waals surface area contributed by atoms with Crippen molar-refractivity contribution in [3.8, 4) is 0 Å². The fourth-order valence-electron chi connectivity index (χ4n) is 1.33. The second-order valence-corrected chi connectivity index (χ2v) is 3.36. The van der Waals surface area contributed by atoms with Crippen LogP contribution in [0.4, 0.5) is 0 Å². The van der Waals surface area contributed by atoms with Gasteiger partial charge in [-0.05, 0) is 6.92 Å². The standard InChI is InChI=1S/C10H15NO3.Zn/c1-3-4-5-9(12)11-8-6-10(13)14-7(8)2;/h5,7-8H,1,3-4,6H2,2H3,(H,11,12);/q-2;+2/t7-,8-;/m0./s1. The Hall–Kier alpha value is -0.567. The smallest absolute Gasteiger partial charge is 0.460 e. The van der Waals surface area contributed by atoms with Crippen molar-refractivity contribution in [3.05, 3.63) is 13.3 Å². The van der Waals surface area contributed by atoms with E-state index in [0.717, 1.165) is 0 Å². The number of carbonyl (C=O) groups excluding carboxylic acids is 2. The zero-order chi connectivity index (χ0) is 10.6. The quantitative estimate of drug-likeness (QED) is 0.459. The molecule has 15 heavy (non-hydrogen) atoms. The molecule has 1 fully saturated rings. The summed E-state index contributed by atoms with van der Waals surface area (Å²) >= 11 is 0. The summed E-state index contributed by atoms with van der Waals surface area (Å²) in [5, 5.41) is 2.73. The van der Waals surface area contributed by atoms with Crippen LogP contribution < -0.4 is 5.32 Å². The Morgan fingerprint density at radius 1 is 1.73 bits per heavy atom. The van der Waals surface area contributed by atoms with E-state index in [1.165, 1.54) is 0 Å². The Kier molecular flexibility index (Phi) is 6.57. The number of cyclic esters (lactones) is 1. The fourth-order valence-corrected chi connectivity index (χ4v) is 1.33. The monoisotopic (exact) mass is 261 g/mol. The van der Waals surface area contributed by atoms with E-state index in [1.54, 1.807) is 13.3 Å². The van der Waals surface area contributed by atoms with Gasteiger partial charge in [0.15, 0.2) is 0 Å². The number of rotatable bonds is 4. The van der Waals surface area contributed by atoms with Crippen LogP contribution in [0, 0.1) is 13.3 Å². The maximum Gasteiger partial charge on any atom is 2.00 e. The Bertz CT molecular complexity index is 233. The number of esters is 1. The molecule has 0 unspecified atom stereocenters. The number of amides is 1. The van der Waals surface area contributed by atoms with Crippen molar-refractivity contribution >= 4 is 11.9 Å².